The SMILES string of the molecule is CCCCSc1nnc2c(n1)OC(C(C)=Cc1ccco1)Nc1ccccc1-2. The third-order valence-corrected chi connectivity index (χ3v) is 5.31. The summed E-state index contributed by atoms with van der Waals surface area (Å²) in [5, 5.41) is 12.8. The molecule has 1 unspecified atom stereocenters. The van der Waals surface area contributed by atoms with Crippen molar-refractivity contribution >= 4 is 23.5 Å². The van der Waals surface area contributed by atoms with Crippen LogP contribution in [-0.2, 0) is 0 Å². The number of rotatable bonds is 6. The second kappa shape index (κ2) is 8.48. The first kappa shape index (κ1) is 18.6. The Morgan fingerprint density at radius 2 is 2.11 bits per heavy atom. The molecule has 0 radical (unpaired) electrons. The molecular formula is C21H22N4O2S. The van der Waals surface area contributed by atoms with Crippen LogP contribution in [0.1, 0.15) is 32.4 Å². The molecule has 3 heterocycles. The highest BCUT2D eigenvalue weighted by molar-refractivity contribution is 7.99. The molecular weight excluding hydrogens is 372 g/mol. The van der Waals surface area contributed by atoms with Gasteiger partial charge in [-0.1, -0.05) is 43.3 Å². The van der Waals surface area contributed by atoms with Gasteiger partial charge in [0.1, 0.15) is 5.76 Å². The van der Waals surface area contributed by atoms with Gasteiger partial charge in [0, 0.05) is 17.0 Å². The molecule has 0 saturated heterocycles. The van der Waals surface area contributed by atoms with E-state index in [9.17, 15) is 0 Å². The molecule has 0 fully saturated rings. The zero-order valence-electron chi connectivity index (χ0n) is 15.9. The van der Waals surface area contributed by atoms with Crippen molar-refractivity contribution < 1.29 is 9.15 Å². The molecule has 6 nitrogen and oxygen atoms in total. The van der Waals surface area contributed by atoms with Crippen molar-refractivity contribution in [3.05, 3.63) is 54.0 Å². The summed E-state index contributed by atoms with van der Waals surface area (Å²) in [6, 6.07) is 11.7. The zero-order chi connectivity index (χ0) is 19.3. The molecule has 1 aliphatic rings. The average molecular weight is 395 g/mol. The van der Waals surface area contributed by atoms with Crippen LogP contribution in [0.4, 0.5) is 5.69 Å². The number of aromatic nitrogens is 3. The molecule has 3 aromatic rings. The largest absolute Gasteiger partial charge is 0.465 e. The van der Waals surface area contributed by atoms with E-state index in [4.69, 9.17) is 9.15 Å². The Kier molecular flexibility index (Phi) is 5.62. The molecule has 4 rings (SSSR count). The van der Waals surface area contributed by atoms with Crippen LogP contribution in [0, 0.1) is 0 Å². The minimum Gasteiger partial charge on any atom is -0.465 e. The first-order valence-electron chi connectivity index (χ1n) is 9.36. The number of benzene rings is 1. The lowest BCUT2D eigenvalue weighted by Gasteiger charge is -2.19. The fraction of sp³-hybridized carbons (Fsp3) is 0.286. The smallest absolute Gasteiger partial charge is 0.247 e. The van der Waals surface area contributed by atoms with E-state index in [0.29, 0.717) is 16.7 Å². The van der Waals surface area contributed by atoms with E-state index in [2.05, 4.69) is 27.4 Å². The lowest BCUT2D eigenvalue weighted by molar-refractivity contribution is 0.255. The van der Waals surface area contributed by atoms with Crippen molar-refractivity contribution in [3.63, 3.8) is 0 Å². The standard InChI is InChI=1S/C21H22N4O2S/c1-3-4-12-28-21-23-20-18(24-25-21)16-9-5-6-10-17(16)22-19(27-20)14(2)13-15-8-7-11-26-15/h5-11,13,19,22H,3-4,12H2,1-2H3. The van der Waals surface area contributed by atoms with E-state index in [1.165, 1.54) is 0 Å². The minimum atomic E-state index is -0.391. The monoisotopic (exact) mass is 394 g/mol. The Morgan fingerprint density at radius 3 is 2.93 bits per heavy atom. The predicted molar refractivity (Wildman–Crippen MR) is 111 cm³/mol. The summed E-state index contributed by atoms with van der Waals surface area (Å²) in [5.41, 5.74) is 3.48. The third kappa shape index (κ3) is 4.04. The first-order valence-corrected chi connectivity index (χ1v) is 10.3. The van der Waals surface area contributed by atoms with Crippen LogP contribution in [0.25, 0.3) is 17.3 Å². The highest BCUT2D eigenvalue weighted by atomic mass is 32.2. The van der Waals surface area contributed by atoms with Crippen LogP contribution < -0.4 is 10.1 Å². The summed E-state index contributed by atoms with van der Waals surface area (Å²) < 4.78 is 11.7. The molecule has 0 saturated carbocycles. The number of fused-ring (bicyclic) bond motifs is 3. The number of para-hydroxylation sites is 1. The number of anilines is 1. The minimum absolute atomic E-state index is 0.391. The van der Waals surface area contributed by atoms with Gasteiger partial charge < -0.3 is 14.5 Å². The van der Waals surface area contributed by atoms with Gasteiger partial charge in [-0.3, -0.25) is 0 Å². The van der Waals surface area contributed by atoms with E-state index in [-0.39, 0.29) is 0 Å². The molecule has 1 aromatic carbocycles. The number of furan rings is 1. The van der Waals surface area contributed by atoms with Crippen LogP contribution >= 0.6 is 11.8 Å². The number of unbranched alkanes of at least 4 members (excludes halogenated alkanes) is 1. The fourth-order valence-corrected chi connectivity index (χ4v) is 3.76. The molecule has 0 bridgehead atoms. The topological polar surface area (TPSA) is 73.1 Å². The van der Waals surface area contributed by atoms with E-state index in [1.807, 2.05) is 49.4 Å². The van der Waals surface area contributed by atoms with Gasteiger partial charge in [-0.2, -0.15) is 4.98 Å². The van der Waals surface area contributed by atoms with Crippen molar-refractivity contribution in [2.24, 2.45) is 0 Å². The summed E-state index contributed by atoms with van der Waals surface area (Å²) in [7, 11) is 0. The Bertz CT molecular complexity index is 972. The summed E-state index contributed by atoms with van der Waals surface area (Å²) >= 11 is 1.60. The highest BCUT2D eigenvalue weighted by Gasteiger charge is 2.26. The Morgan fingerprint density at radius 1 is 1.21 bits per heavy atom. The third-order valence-electron chi connectivity index (χ3n) is 4.39. The van der Waals surface area contributed by atoms with Gasteiger partial charge in [0.05, 0.1) is 6.26 Å². The summed E-state index contributed by atoms with van der Waals surface area (Å²) in [5.74, 6) is 2.23. The molecule has 1 N–H and O–H groups in total. The lowest BCUT2D eigenvalue weighted by atomic mass is 10.1. The summed E-state index contributed by atoms with van der Waals surface area (Å²) in [6.45, 7) is 4.17. The Hall–Kier alpha value is -2.80. The fourth-order valence-electron chi connectivity index (χ4n) is 2.90. The van der Waals surface area contributed by atoms with Crippen molar-refractivity contribution in [3.8, 4) is 17.1 Å². The number of hydrogen-bond donors (Lipinski definition) is 1. The number of nitrogens with one attached hydrogen (secondary N) is 1. The molecule has 1 atom stereocenters. The molecule has 144 valence electrons. The maximum absolute atomic E-state index is 6.25. The summed E-state index contributed by atoms with van der Waals surface area (Å²) in [6.07, 6.45) is 5.47. The molecule has 0 aliphatic carbocycles. The van der Waals surface area contributed by atoms with Crippen LogP contribution in [0.2, 0.25) is 0 Å². The normalized spacial score (nSPS) is 15.8. The first-order chi connectivity index (χ1) is 13.7. The van der Waals surface area contributed by atoms with E-state index < -0.39 is 6.23 Å². The quantitative estimate of drug-likeness (QED) is 0.452. The Balaban J connectivity index is 1.70. The van der Waals surface area contributed by atoms with Crippen LogP contribution in [-0.4, -0.2) is 27.2 Å². The predicted octanol–water partition coefficient (Wildman–Crippen LogP) is 5.26. The second-order valence-corrected chi connectivity index (χ2v) is 7.60. The second-order valence-electron chi connectivity index (χ2n) is 6.54. The van der Waals surface area contributed by atoms with Crippen molar-refractivity contribution in [2.45, 2.75) is 38.1 Å². The molecule has 0 spiro atoms. The van der Waals surface area contributed by atoms with E-state index >= 15 is 0 Å². The maximum atomic E-state index is 6.25. The van der Waals surface area contributed by atoms with Gasteiger partial charge in [0.2, 0.25) is 11.0 Å². The van der Waals surface area contributed by atoms with Gasteiger partial charge in [-0.25, -0.2) is 0 Å². The number of hydrogen-bond acceptors (Lipinski definition) is 7. The molecule has 0 amide bonds. The van der Waals surface area contributed by atoms with Crippen molar-refractivity contribution in [1.29, 1.82) is 0 Å². The van der Waals surface area contributed by atoms with Crippen molar-refractivity contribution in [2.75, 3.05) is 11.1 Å². The van der Waals surface area contributed by atoms with Gasteiger partial charge in [0.25, 0.3) is 0 Å². The zero-order valence-corrected chi connectivity index (χ0v) is 16.7. The molecule has 28 heavy (non-hydrogen) atoms. The van der Waals surface area contributed by atoms with E-state index in [0.717, 1.165) is 41.2 Å². The number of thioether (sulfide) groups is 1. The molecule has 2 aromatic heterocycles. The van der Waals surface area contributed by atoms with Gasteiger partial charge in [0.15, 0.2) is 11.9 Å². The molecule has 1 aliphatic heterocycles. The van der Waals surface area contributed by atoms with E-state index in [1.54, 1.807) is 18.0 Å². The van der Waals surface area contributed by atoms with Crippen LogP contribution in [0.3, 0.4) is 0 Å². The highest BCUT2D eigenvalue weighted by Crippen LogP contribution is 2.37. The van der Waals surface area contributed by atoms with Crippen LogP contribution in [0.5, 0.6) is 5.88 Å². The van der Waals surface area contributed by atoms with Gasteiger partial charge in [-0.05, 0) is 43.2 Å². The average Bonchev–Trinajstić information content (AvgIpc) is 3.15. The Labute approximate surface area is 168 Å². The maximum Gasteiger partial charge on any atom is 0.247 e. The number of ether oxygens (including phenoxy) is 1. The van der Waals surface area contributed by atoms with Gasteiger partial charge >= 0.3 is 0 Å². The van der Waals surface area contributed by atoms with Crippen LogP contribution in [0.15, 0.2) is 57.8 Å². The van der Waals surface area contributed by atoms with Crippen molar-refractivity contribution in [1.82, 2.24) is 15.2 Å². The number of nitrogens with zero attached hydrogens (tertiary/aromatic N) is 3. The molecule has 7 heteroatoms. The lowest BCUT2D eigenvalue weighted by Crippen LogP contribution is -2.27. The summed E-state index contributed by atoms with van der Waals surface area (Å²) in [4.78, 5) is 4.65. The van der Waals surface area contributed by atoms with Gasteiger partial charge in [-0.15, -0.1) is 10.2 Å².